The summed E-state index contributed by atoms with van der Waals surface area (Å²) in [5.41, 5.74) is 1.84. The number of halogens is 1. The Kier molecular flexibility index (Phi) is 2.45. The van der Waals surface area contributed by atoms with Crippen molar-refractivity contribution in [2.24, 2.45) is 10.9 Å². The van der Waals surface area contributed by atoms with Gasteiger partial charge in [-0.05, 0) is 22.0 Å². The van der Waals surface area contributed by atoms with Gasteiger partial charge in [-0.3, -0.25) is 4.98 Å². The summed E-state index contributed by atoms with van der Waals surface area (Å²) in [5, 5.41) is 4.57. The van der Waals surface area contributed by atoms with E-state index in [4.69, 9.17) is 5.84 Å². The van der Waals surface area contributed by atoms with Crippen molar-refractivity contribution in [2.75, 3.05) is 0 Å². The van der Waals surface area contributed by atoms with Gasteiger partial charge in [-0.1, -0.05) is 18.2 Å². The van der Waals surface area contributed by atoms with Gasteiger partial charge in [0.2, 0.25) is 0 Å². The fraction of sp³-hybridized carbons (Fsp3) is 0. The summed E-state index contributed by atoms with van der Waals surface area (Å²) in [5.74, 6) is 5.11. The molecule has 1 aromatic carbocycles. The van der Waals surface area contributed by atoms with Crippen LogP contribution in [0, 0.1) is 0 Å². The molecule has 0 radical (unpaired) electrons. The fourth-order valence-electron chi connectivity index (χ4n) is 1.34. The van der Waals surface area contributed by atoms with Crippen LogP contribution in [0.3, 0.4) is 0 Å². The predicted molar refractivity (Wildman–Crippen MR) is 61.2 cm³/mol. The van der Waals surface area contributed by atoms with E-state index in [0.717, 1.165) is 20.9 Å². The minimum atomic E-state index is 0.907. The highest BCUT2D eigenvalue weighted by Crippen LogP contribution is 2.19. The summed E-state index contributed by atoms with van der Waals surface area (Å²) in [4.78, 5) is 4.31. The highest BCUT2D eigenvalue weighted by molar-refractivity contribution is 9.10. The molecule has 3 nitrogen and oxygen atoms in total. The maximum atomic E-state index is 5.11. The second kappa shape index (κ2) is 3.75. The predicted octanol–water partition coefficient (Wildman–Crippen LogP) is 2.29. The van der Waals surface area contributed by atoms with Gasteiger partial charge < -0.3 is 5.84 Å². The molecule has 0 atom stereocenters. The standard InChI is InChI=1S/C10H8BrN3/c11-9-4-7-2-1-3-8(5-14-12)10(7)13-6-9/h1-6H,12H2. The Hall–Kier alpha value is -1.42. The third-order valence-corrected chi connectivity index (χ3v) is 2.36. The van der Waals surface area contributed by atoms with E-state index in [0.29, 0.717) is 0 Å². The van der Waals surface area contributed by atoms with Crippen LogP contribution in [0.2, 0.25) is 0 Å². The summed E-state index contributed by atoms with van der Waals surface area (Å²) in [7, 11) is 0. The molecule has 0 aliphatic carbocycles. The van der Waals surface area contributed by atoms with Crippen molar-refractivity contribution in [2.45, 2.75) is 0 Å². The van der Waals surface area contributed by atoms with Crippen molar-refractivity contribution >= 4 is 33.0 Å². The average molecular weight is 250 g/mol. The molecule has 14 heavy (non-hydrogen) atoms. The molecule has 0 spiro atoms. The molecule has 0 unspecified atom stereocenters. The van der Waals surface area contributed by atoms with Crippen molar-refractivity contribution in [1.82, 2.24) is 4.98 Å². The van der Waals surface area contributed by atoms with Gasteiger partial charge in [-0.2, -0.15) is 5.10 Å². The first-order chi connectivity index (χ1) is 6.81. The fourth-order valence-corrected chi connectivity index (χ4v) is 1.69. The Morgan fingerprint density at radius 1 is 1.43 bits per heavy atom. The van der Waals surface area contributed by atoms with E-state index in [-0.39, 0.29) is 0 Å². The van der Waals surface area contributed by atoms with Crippen molar-refractivity contribution in [3.63, 3.8) is 0 Å². The molecule has 0 amide bonds. The third-order valence-electron chi connectivity index (χ3n) is 1.92. The zero-order chi connectivity index (χ0) is 9.97. The number of hydrogen-bond acceptors (Lipinski definition) is 3. The Bertz CT molecular complexity index is 494. The number of hydrogen-bond donors (Lipinski definition) is 1. The number of hydrazone groups is 1. The lowest BCUT2D eigenvalue weighted by molar-refractivity contribution is 1.26. The molecule has 2 rings (SSSR count). The molecule has 4 heteroatoms. The van der Waals surface area contributed by atoms with Gasteiger partial charge in [0.05, 0.1) is 11.7 Å². The highest BCUT2D eigenvalue weighted by atomic mass is 79.9. The summed E-state index contributed by atoms with van der Waals surface area (Å²) >= 11 is 3.38. The zero-order valence-corrected chi connectivity index (χ0v) is 8.90. The van der Waals surface area contributed by atoms with Crippen LogP contribution in [0.4, 0.5) is 0 Å². The molecule has 0 saturated heterocycles. The quantitative estimate of drug-likeness (QED) is 0.479. The number of nitrogens with zero attached hydrogens (tertiary/aromatic N) is 2. The topological polar surface area (TPSA) is 51.3 Å². The van der Waals surface area contributed by atoms with Crippen LogP contribution >= 0.6 is 15.9 Å². The van der Waals surface area contributed by atoms with Crippen LogP contribution in [0.15, 0.2) is 40.0 Å². The summed E-state index contributed by atoms with van der Waals surface area (Å²) in [6, 6.07) is 7.89. The van der Waals surface area contributed by atoms with E-state index >= 15 is 0 Å². The lowest BCUT2D eigenvalue weighted by atomic mass is 10.1. The molecule has 70 valence electrons. The van der Waals surface area contributed by atoms with E-state index in [2.05, 4.69) is 26.0 Å². The largest absolute Gasteiger partial charge is 0.323 e. The van der Waals surface area contributed by atoms with E-state index in [1.54, 1.807) is 12.4 Å². The number of nitrogens with two attached hydrogens (primary N) is 1. The molecular formula is C10H8BrN3. The van der Waals surface area contributed by atoms with Crippen LogP contribution < -0.4 is 5.84 Å². The Balaban J connectivity index is 2.74. The van der Waals surface area contributed by atoms with E-state index < -0.39 is 0 Å². The van der Waals surface area contributed by atoms with Gasteiger partial charge in [-0.15, -0.1) is 0 Å². The monoisotopic (exact) mass is 249 g/mol. The van der Waals surface area contributed by atoms with Crippen LogP contribution in [-0.2, 0) is 0 Å². The lowest BCUT2D eigenvalue weighted by Gasteiger charge is -2.00. The third kappa shape index (κ3) is 1.61. The van der Waals surface area contributed by atoms with Crippen molar-refractivity contribution < 1.29 is 0 Å². The van der Waals surface area contributed by atoms with Crippen LogP contribution in [0.1, 0.15) is 5.56 Å². The lowest BCUT2D eigenvalue weighted by Crippen LogP contribution is -1.90. The molecule has 2 N–H and O–H groups in total. The summed E-state index contributed by atoms with van der Waals surface area (Å²) in [6.07, 6.45) is 3.36. The molecule has 1 heterocycles. The highest BCUT2D eigenvalue weighted by Gasteiger charge is 1.99. The first kappa shape index (κ1) is 9.15. The Morgan fingerprint density at radius 3 is 3.07 bits per heavy atom. The second-order valence-electron chi connectivity index (χ2n) is 2.85. The Labute approximate surface area is 89.8 Å². The van der Waals surface area contributed by atoms with Gasteiger partial charge in [0.1, 0.15) is 0 Å². The van der Waals surface area contributed by atoms with Crippen molar-refractivity contribution in [1.29, 1.82) is 0 Å². The number of benzene rings is 1. The molecule has 0 saturated carbocycles. The molecule has 2 aromatic rings. The van der Waals surface area contributed by atoms with Crippen molar-refractivity contribution in [3.05, 3.63) is 40.5 Å². The van der Waals surface area contributed by atoms with E-state index in [1.807, 2.05) is 24.3 Å². The first-order valence-corrected chi connectivity index (χ1v) is 4.88. The summed E-state index contributed by atoms with van der Waals surface area (Å²) in [6.45, 7) is 0. The molecule has 0 bridgehead atoms. The Morgan fingerprint density at radius 2 is 2.29 bits per heavy atom. The normalized spacial score (nSPS) is 11.2. The maximum Gasteiger partial charge on any atom is 0.0791 e. The number of aromatic nitrogens is 1. The average Bonchev–Trinajstić information content (AvgIpc) is 2.18. The van der Waals surface area contributed by atoms with Gasteiger partial charge >= 0.3 is 0 Å². The van der Waals surface area contributed by atoms with E-state index in [1.165, 1.54) is 0 Å². The van der Waals surface area contributed by atoms with Crippen LogP contribution in [0.5, 0.6) is 0 Å². The number of rotatable bonds is 1. The van der Waals surface area contributed by atoms with E-state index in [9.17, 15) is 0 Å². The molecule has 1 aromatic heterocycles. The molecule has 0 aliphatic rings. The SMILES string of the molecule is NN=Cc1cccc2cc(Br)cnc12. The second-order valence-corrected chi connectivity index (χ2v) is 3.77. The first-order valence-electron chi connectivity index (χ1n) is 4.09. The molecule has 0 fully saturated rings. The number of fused-ring (bicyclic) bond motifs is 1. The van der Waals surface area contributed by atoms with Gasteiger partial charge in [0, 0.05) is 21.6 Å². The smallest absolute Gasteiger partial charge is 0.0791 e. The zero-order valence-electron chi connectivity index (χ0n) is 7.31. The van der Waals surface area contributed by atoms with Crippen LogP contribution in [0.25, 0.3) is 10.9 Å². The number of para-hydroxylation sites is 1. The van der Waals surface area contributed by atoms with Gasteiger partial charge in [0.15, 0.2) is 0 Å². The summed E-state index contributed by atoms with van der Waals surface area (Å²) < 4.78 is 0.965. The van der Waals surface area contributed by atoms with Gasteiger partial charge in [-0.25, -0.2) is 0 Å². The van der Waals surface area contributed by atoms with Crippen LogP contribution in [-0.4, -0.2) is 11.2 Å². The van der Waals surface area contributed by atoms with Crippen molar-refractivity contribution in [3.8, 4) is 0 Å². The minimum absolute atomic E-state index is 0.907. The maximum absolute atomic E-state index is 5.11. The molecule has 0 aliphatic heterocycles. The number of pyridine rings is 1. The minimum Gasteiger partial charge on any atom is -0.323 e. The van der Waals surface area contributed by atoms with Gasteiger partial charge in [0.25, 0.3) is 0 Å². The molecular weight excluding hydrogens is 242 g/mol.